The Hall–Kier alpha value is -1.58. The van der Waals surface area contributed by atoms with E-state index in [0.29, 0.717) is 17.2 Å². The number of H-pyrrole nitrogens is 1. The lowest BCUT2D eigenvalue weighted by Gasteiger charge is -2.32. The average Bonchev–Trinajstić information content (AvgIpc) is 2.87. The molecule has 98 valence electrons. The zero-order valence-corrected chi connectivity index (χ0v) is 11.0. The Bertz CT molecular complexity index is 450. The van der Waals surface area contributed by atoms with Crippen molar-refractivity contribution in [3.8, 4) is 0 Å². The molecule has 1 amide bonds. The largest absolute Gasteiger partial charge is 0.356 e. The number of hydrogen-bond donors (Lipinski definition) is 1. The van der Waals surface area contributed by atoms with Crippen molar-refractivity contribution in [1.82, 2.24) is 9.88 Å². The molecule has 1 saturated heterocycles. The molecule has 1 N–H and O–H groups in total. The Morgan fingerprint density at radius 3 is 2.89 bits per heavy atom. The van der Waals surface area contributed by atoms with Crippen LogP contribution < -0.4 is 0 Å². The average molecular weight is 248 g/mol. The molecule has 1 aromatic rings. The van der Waals surface area contributed by atoms with E-state index in [4.69, 9.17) is 0 Å². The number of amides is 1. The lowest BCUT2D eigenvalue weighted by molar-refractivity contribution is 0.0666. The van der Waals surface area contributed by atoms with E-state index in [0.717, 1.165) is 25.9 Å². The Morgan fingerprint density at radius 2 is 2.28 bits per heavy atom. The van der Waals surface area contributed by atoms with Gasteiger partial charge in [0.2, 0.25) is 0 Å². The van der Waals surface area contributed by atoms with Crippen LogP contribution in [-0.2, 0) is 0 Å². The van der Waals surface area contributed by atoms with E-state index >= 15 is 0 Å². The molecule has 18 heavy (non-hydrogen) atoms. The van der Waals surface area contributed by atoms with Crippen LogP contribution in [0, 0.1) is 5.92 Å². The highest BCUT2D eigenvalue weighted by atomic mass is 16.2. The van der Waals surface area contributed by atoms with E-state index < -0.39 is 0 Å². The molecule has 2 rings (SSSR count). The molecule has 0 aliphatic carbocycles. The number of piperidine rings is 1. The van der Waals surface area contributed by atoms with E-state index in [9.17, 15) is 9.59 Å². The van der Waals surface area contributed by atoms with Gasteiger partial charge in [-0.25, -0.2) is 0 Å². The zero-order chi connectivity index (χ0) is 13.1. The van der Waals surface area contributed by atoms with Gasteiger partial charge in [0.05, 0.1) is 0 Å². The minimum atomic E-state index is -0.0182. The topological polar surface area (TPSA) is 53.2 Å². The number of nitrogens with one attached hydrogen (secondary N) is 1. The Kier molecular flexibility index (Phi) is 3.84. The highest BCUT2D eigenvalue weighted by Crippen LogP contribution is 2.20. The van der Waals surface area contributed by atoms with Gasteiger partial charge in [-0.2, -0.15) is 0 Å². The van der Waals surface area contributed by atoms with Crippen molar-refractivity contribution < 1.29 is 9.59 Å². The standard InChI is InChI=1S/C14H20N2O2/c1-3-11-5-4-6-16(9-11)14(18)13-7-12(8-15-13)10(2)17/h7-8,11,15H,3-6,9H2,1-2H3/t11-/m1/s1. The molecule has 0 saturated carbocycles. The minimum Gasteiger partial charge on any atom is -0.356 e. The molecular weight excluding hydrogens is 228 g/mol. The number of hydrogen-bond acceptors (Lipinski definition) is 2. The first-order chi connectivity index (χ1) is 8.61. The third-order valence-electron chi connectivity index (χ3n) is 3.70. The molecule has 2 heterocycles. The van der Waals surface area contributed by atoms with Gasteiger partial charge in [0.1, 0.15) is 5.69 Å². The summed E-state index contributed by atoms with van der Waals surface area (Å²) < 4.78 is 0. The predicted octanol–water partition coefficient (Wildman–Crippen LogP) is 2.48. The number of Topliss-reactive ketones (excluding diaryl/α,β-unsaturated/α-hetero) is 1. The van der Waals surface area contributed by atoms with Crippen LogP contribution in [0.15, 0.2) is 12.3 Å². The van der Waals surface area contributed by atoms with Crippen molar-refractivity contribution in [3.05, 3.63) is 23.5 Å². The summed E-state index contributed by atoms with van der Waals surface area (Å²) in [6.45, 7) is 5.33. The third-order valence-corrected chi connectivity index (χ3v) is 3.70. The summed E-state index contributed by atoms with van der Waals surface area (Å²) in [4.78, 5) is 28.3. The summed E-state index contributed by atoms with van der Waals surface area (Å²) in [5, 5.41) is 0. The van der Waals surface area contributed by atoms with Gasteiger partial charge in [-0.3, -0.25) is 9.59 Å². The fourth-order valence-corrected chi connectivity index (χ4v) is 2.47. The van der Waals surface area contributed by atoms with Crippen LogP contribution in [-0.4, -0.2) is 34.7 Å². The van der Waals surface area contributed by atoms with Crippen LogP contribution in [0.2, 0.25) is 0 Å². The Morgan fingerprint density at radius 1 is 1.50 bits per heavy atom. The summed E-state index contributed by atoms with van der Waals surface area (Å²) in [7, 11) is 0. The maximum absolute atomic E-state index is 12.3. The van der Waals surface area contributed by atoms with Crippen LogP contribution in [0.1, 0.15) is 54.0 Å². The molecule has 1 fully saturated rings. The van der Waals surface area contributed by atoms with Crippen molar-refractivity contribution in [2.24, 2.45) is 5.92 Å². The molecule has 1 aliphatic rings. The first-order valence-electron chi connectivity index (χ1n) is 6.60. The Balaban J connectivity index is 2.07. The lowest BCUT2D eigenvalue weighted by atomic mass is 9.95. The van der Waals surface area contributed by atoms with Gasteiger partial charge < -0.3 is 9.88 Å². The minimum absolute atomic E-state index is 0.0145. The number of aromatic nitrogens is 1. The van der Waals surface area contributed by atoms with E-state index in [1.165, 1.54) is 13.3 Å². The fraction of sp³-hybridized carbons (Fsp3) is 0.571. The quantitative estimate of drug-likeness (QED) is 0.835. The van der Waals surface area contributed by atoms with Gasteiger partial charge in [-0.05, 0) is 31.7 Å². The molecule has 0 bridgehead atoms. The summed E-state index contributed by atoms with van der Waals surface area (Å²) in [5.41, 5.74) is 1.10. The number of carbonyl (C=O) groups excluding carboxylic acids is 2. The summed E-state index contributed by atoms with van der Waals surface area (Å²) in [5.74, 6) is 0.612. The van der Waals surface area contributed by atoms with Crippen LogP contribution in [0.25, 0.3) is 0 Å². The number of aromatic amines is 1. The van der Waals surface area contributed by atoms with Gasteiger partial charge in [-0.1, -0.05) is 13.3 Å². The van der Waals surface area contributed by atoms with Crippen LogP contribution in [0.4, 0.5) is 0 Å². The van der Waals surface area contributed by atoms with Gasteiger partial charge in [0.15, 0.2) is 5.78 Å². The molecule has 1 atom stereocenters. The molecule has 0 spiro atoms. The monoisotopic (exact) mass is 248 g/mol. The maximum atomic E-state index is 12.3. The van der Waals surface area contributed by atoms with Crippen molar-refractivity contribution in [1.29, 1.82) is 0 Å². The SMILES string of the molecule is CC[C@@H]1CCCN(C(=O)c2cc(C(C)=O)c[nH]2)C1. The summed E-state index contributed by atoms with van der Waals surface area (Å²) >= 11 is 0. The van der Waals surface area contributed by atoms with Crippen molar-refractivity contribution in [3.63, 3.8) is 0 Å². The van der Waals surface area contributed by atoms with Gasteiger partial charge in [0, 0.05) is 24.8 Å². The third kappa shape index (κ3) is 2.63. The van der Waals surface area contributed by atoms with Crippen molar-refractivity contribution >= 4 is 11.7 Å². The lowest BCUT2D eigenvalue weighted by Crippen LogP contribution is -2.39. The van der Waals surface area contributed by atoms with Gasteiger partial charge in [-0.15, -0.1) is 0 Å². The number of likely N-dealkylation sites (tertiary alicyclic amines) is 1. The smallest absolute Gasteiger partial charge is 0.270 e. The first-order valence-corrected chi connectivity index (χ1v) is 6.60. The Labute approximate surface area is 107 Å². The van der Waals surface area contributed by atoms with Gasteiger partial charge in [0.25, 0.3) is 5.91 Å². The van der Waals surface area contributed by atoms with Crippen LogP contribution >= 0.6 is 0 Å². The number of rotatable bonds is 3. The fourth-order valence-electron chi connectivity index (χ4n) is 2.47. The molecule has 0 radical (unpaired) electrons. The molecule has 0 unspecified atom stereocenters. The van der Waals surface area contributed by atoms with Crippen molar-refractivity contribution in [2.45, 2.75) is 33.1 Å². The number of nitrogens with zero attached hydrogens (tertiary/aromatic N) is 1. The summed E-state index contributed by atoms with van der Waals surface area (Å²) in [6, 6.07) is 1.65. The molecule has 1 aromatic heterocycles. The zero-order valence-electron chi connectivity index (χ0n) is 11.0. The van der Waals surface area contributed by atoms with E-state index in [1.54, 1.807) is 12.3 Å². The summed E-state index contributed by atoms with van der Waals surface area (Å²) in [6.07, 6.45) is 5.01. The highest BCUT2D eigenvalue weighted by Gasteiger charge is 2.24. The molecule has 0 aromatic carbocycles. The molecule has 1 aliphatic heterocycles. The van der Waals surface area contributed by atoms with E-state index in [1.807, 2.05) is 4.90 Å². The van der Waals surface area contributed by atoms with Crippen LogP contribution in [0.3, 0.4) is 0 Å². The second-order valence-corrected chi connectivity index (χ2v) is 5.03. The maximum Gasteiger partial charge on any atom is 0.270 e. The molecular formula is C14H20N2O2. The van der Waals surface area contributed by atoms with E-state index in [-0.39, 0.29) is 11.7 Å². The number of ketones is 1. The van der Waals surface area contributed by atoms with Crippen LogP contribution in [0.5, 0.6) is 0 Å². The predicted molar refractivity (Wildman–Crippen MR) is 69.7 cm³/mol. The second-order valence-electron chi connectivity index (χ2n) is 5.03. The first kappa shape index (κ1) is 12.9. The number of carbonyl (C=O) groups is 2. The van der Waals surface area contributed by atoms with Gasteiger partial charge >= 0.3 is 0 Å². The molecule has 4 heteroatoms. The van der Waals surface area contributed by atoms with E-state index in [2.05, 4.69) is 11.9 Å². The highest BCUT2D eigenvalue weighted by molar-refractivity contribution is 5.99. The second kappa shape index (κ2) is 5.38. The normalized spacial score (nSPS) is 19.9. The molecule has 4 nitrogen and oxygen atoms in total. The van der Waals surface area contributed by atoms with Crippen molar-refractivity contribution in [2.75, 3.05) is 13.1 Å².